The lowest BCUT2D eigenvalue weighted by Crippen LogP contribution is -2.71. The van der Waals surface area contributed by atoms with Crippen LogP contribution >= 0.6 is 0 Å². The molecular formula is C31H38O9. The number of carbonyl (C=O) groups excluding carboxylic acids is 4. The first-order valence-electron chi connectivity index (χ1n) is 14.2. The molecule has 9 heteroatoms. The molecule has 0 radical (unpaired) electrons. The first-order chi connectivity index (χ1) is 18.7. The Bertz CT molecular complexity index is 1310. The van der Waals surface area contributed by atoms with Gasteiger partial charge in [-0.15, -0.1) is 0 Å². The molecule has 40 heavy (non-hydrogen) atoms. The van der Waals surface area contributed by atoms with Gasteiger partial charge in [0.2, 0.25) is 0 Å². The fourth-order valence-corrected chi connectivity index (χ4v) is 9.02. The number of hydrogen-bond donors (Lipinski definition) is 0. The lowest BCUT2D eigenvalue weighted by molar-refractivity contribution is -0.205. The predicted molar refractivity (Wildman–Crippen MR) is 139 cm³/mol. The van der Waals surface area contributed by atoms with Crippen molar-refractivity contribution < 1.29 is 42.5 Å². The Labute approximate surface area is 233 Å². The molecule has 1 saturated heterocycles. The standard InChI is InChI=1S/C31H38O9/c1-15(2)27(35)39-25-22-23(34)30(6,18(28(25,3)4)12-20(32)36-7)17-8-10-29(5)19(31(17)26(22)40-31)13-21(33)38-24(29)16-9-11-37-14-16/h9,11,13-15,17-18,22,24-26H,8,10,12H2,1-7H3/t17-,18+,22-,24+,25-,26-,29-,30-,31-/m1/s1. The van der Waals surface area contributed by atoms with Crippen LogP contribution in [0, 0.1) is 39.9 Å². The van der Waals surface area contributed by atoms with Gasteiger partial charge >= 0.3 is 17.9 Å². The zero-order chi connectivity index (χ0) is 29.0. The lowest BCUT2D eigenvalue weighted by atomic mass is 9.38. The number of carbonyl (C=O) groups is 4. The molecule has 1 spiro atoms. The van der Waals surface area contributed by atoms with E-state index >= 15 is 0 Å². The first-order valence-corrected chi connectivity index (χ1v) is 14.2. The number of hydrogen-bond acceptors (Lipinski definition) is 9. The van der Waals surface area contributed by atoms with Crippen molar-refractivity contribution in [2.24, 2.45) is 39.9 Å². The number of furan rings is 1. The van der Waals surface area contributed by atoms with E-state index in [9.17, 15) is 19.2 Å². The van der Waals surface area contributed by atoms with Crippen LogP contribution in [-0.2, 0) is 38.1 Å². The summed E-state index contributed by atoms with van der Waals surface area (Å²) in [4.78, 5) is 53.4. The maximum absolute atomic E-state index is 14.6. The average Bonchev–Trinajstić information content (AvgIpc) is 3.35. The summed E-state index contributed by atoms with van der Waals surface area (Å²) in [6.07, 6.45) is 4.06. The van der Waals surface area contributed by atoms with Crippen LogP contribution in [0.1, 0.15) is 72.5 Å². The molecule has 4 fully saturated rings. The van der Waals surface area contributed by atoms with E-state index in [0.29, 0.717) is 12.8 Å². The smallest absolute Gasteiger partial charge is 0.331 e. The Morgan fingerprint density at radius 3 is 2.50 bits per heavy atom. The molecule has 6 rings (SSSR count). The fraction of sp³-hybridized carbons (Fsp3) is 0.677. The molecule has 216 valence electrons. The Balaban J connectivity index is 1.52. The number of Topliss-reactive ketones (excluding diaryl/α,β-unsaturated/α-hetero) is 1. The van der Waals surface area contributed by atoms with Crippen molar-refractivity contribution in [3.8, 4) is 0 Å². The minimum absolute atomic E-state index is 0.00143. The van der Waals surface area contributed by atoms with Crippen molar-refractivity contribution >= 4 is 23.7 Å². The Morgan fingerprint density at radius 1 is 1.15 bits per heavy atom. The molecule has 3 saturated carbocycles. The van der Waals surface area contributed by atoms with Crippen LogP contribution in [0.15, 0.2) is 34.7 Å². The van der Waals surface area contributed by atoms with Crippen molar-refractivity contribution in [1.29, 1.82) is 0 Å². The normalized spacial score (nSPS) is 42.5. The number of ketones is 1. The molecular weight excluding hydrogens is 516 g/mol. The van der Waals surface area contributed by atoms with Gasteiger partial charge in [-0.2, -0.15) is 0 Å². The molecule has 9 nitrogen and oxygen atoms in total. The molecule has 2 aliphatic heterocycles. The summed E-state index contributed by atoms with van der Waals surface area (Å²) >= 11 is 0. The molecule has 3 aliphatic carbocycles. The van der Waals surface area contributed by atoms with Gasteiger partial charge in [0.15, 0.2) is 0 Å². The average molecular weight is 555 g/mol. The van der Waals surface area contributed by atoms with E-state index in [0.717, 1.165) is 11.1 Å². The van der Waals surface area contributed by atoms with Crippen molar-refractivity contribution in [3.63, 3.8) is 0 Å². The van der Waals surface area contributed by atoms with Gasteiger partial charge in [0.05, 0.1) is 31.5 Å². The summed E-state index contributed by atoms with van der Waals surface area (Å²) in [6.45, 7) is 11.5. The largest absolute Gasteiger partial charge is 0.472 e. The van der Waals surface area contributed by atoms with Crippen LogP contribution in [0.4, 0.5) is 0 Å². The maximum Gasteiger partial charge on any atom is 0.331 e. The molecule has 3 heterocycles. The zero-order valence-corrected chi connectivity index (χ0v) is 24.1. The molecule has 9 atom stereocenters. The summed E-state index contributed by atoms with van der Waals surface area (Å²) in [6, 6.07) is 1.80. The van der Waals surface area contributed by atoms with E-state index in [1.807, 2.05) is 20.8 Å². The van der Waals surface area contributed by atoms with Gasteiger partial charge in [-0.25, -0.2) is 4.79 Å². The molecule has 2 bridgehead atoms. The van der Waals surface area contributed by atoms with E-state index in [1.165, 1.54) is 7.11 Å². The summed E-state index contributed by atoms with van der Waals surface area (Å²) in [5.41, 5.74) is -1.63. The van der Waals surface area contributed by atoms with Crippen LogP contribution < -0.4 is 0 Å². The van der Waals surface area contributed by atoms with Gasteiger partial charge in [0, 0.05) is 40.2 Å². The number of rotatable bonds is 5. The van der Waals surface area contributed by atoms with Crippen LogP contribution in [0.3, 0.4) is 0 Å². The molecule has 0 N–H and O–H groups in total. The second kappa shape index (κ2) is 8.54. The number of ether oxygens (including phenoxy) is 4. The van der Waals surface area contributed by atoms with Crippen LogP contribution in [-0.4, -0.2) is 48.6 Å². The third kappa shape index (κ3) is 3.30. The minimum atomic E-state index is -0.981. The van der Waals surface area contributed by atoms with Gasteiger partial charge in [-0.3, -0.25) is 14.4 Å². The maximum atomic E-state index is 14.6. The molecule has 0 amide bonds. The molecule has 0 aromatic carbocycles. The number of esters is 3. The highest BCUT2D eigenvalue weighted by Crippen LogP contribution is 2.76. The second-order valence-electron chi connectivity index (χ2n) is 13.6. The Kier molecular flexibility index (Phi) is 5.81. The van der Waals surface area contributed by atoms with Crippen molar-refractivity contribution in [2.75, 3.05) is 7.11 Å². The van der Waals surface area contributed by atoms with Gasteiger partial charge in [0.25, 0.3) is 0 Å². The summed E-state index contributed by atoms with van der Waals surface area (Å²) in [5.74, 6) is -3.23. The topological polar surface area (TPSA) is 122 Å². The van der Waals surface area contributed by atoms with Crippen LogP contribution in [0.5, 0.6) is 0 Å². The van der Waals surface area contributed by atoms with Crippen LogP contribution in [0.25, 0.3) is 0 Å². The molecule has 1 aromatic rings. The SMILES string of the molecule is COC(=O)C[C@H]1C(C)(C)[C@H](OC(=O)C(C)C)[C@H]2C(=O)[C@]1(C)[C@H]1CC[C@]3(C)C(=CC(=O)O[C@H]3c3ccoc3)[C@]13O[C@H]23. The highest BCUT2D eigenvalue weighted by atomic mass is 16.6. The number of fused-ring (bicyclic) bond motifs is 5. The van der Waals surface area contributed by atoms with Gasteiger partial charge in [-0.05, 0) is 30.4 Å². The molecule has 1 aromatic heterocycles. The lowest BCUT2D eigenvalue weighted by Gasteiger charge is -2.63. The highest BCUT2D eigenvalue weighted by Gasteiger charge is 2.84. The van der Waals surface area contributed by atoms with Gasteiger partial charge < -0.3 is 23.4 Å². The molecule has 5 aliphatic rings. The predicted octanol–water partition coefficient (Wildman–Crippen LogP) is 4.35. The van der Waals surface area contributed by atoms with E-state index in [4.69, 9.17) is 23.4 Å². The van der Waals surface area contributed by atoms with Gasteiger partial charge in [0.1, 0.15) is 29.7 Å². The van der Waals surface area contributed by atoms with E-state index in [1.54, 1.807) is 38.5 Å². The third-order valence-corrected chi connectivity index (χ3v) is 11.0. The minimum Gasteiger partial charge on any atom is -0.472 e. The van der Waals surface area contributed by atoms with Crippen molar-refractivity contribution in [2.45, 2.75) is 84.7 Å². The van der Waals surface area contributed by atoms with Crippen molar-refractivity contribution in [3.05, 3.63) is 35.8 Å². The Morgan fingerprint density at radius 2 is 1.88 bits per heavy atom. The zero-order valence-electron chi connectivity index (χ0n) is 24.1. The highest BCUT2D eigenvalue weighted by molar-refractivity contribution is 5.94. The van der Waals surface area contributed by atoms with E-state index in [-0.39, 0.29) is 18.1 Å². The molecule has 0 unspecified atom stereocenters. The van der Waals surface area contributed by atoms with Crippen LogP contribution in [0.2, 0.25) is 0 Å². The quantitative estimate of drug-likeness (QED) is 0.297. The summed E-state index contributed by atoms with van der Waals surface area (Å²) < 4.78 is 29.1. The number of methoxy groups -OCH3 is 1. The van der Waals surface area contributed by atoms with Gasteiger partial charge in [-0.1, -0.05) is 41.5 Å². The third-order valence-electron chi connectivity index (χ3n) is 11.0. The summed E-state index contributed by atoms with van der Waals surface area (Å²) in [5, 5.41) is 0. The fourth-order valence-electron chi connectivity index (χ4n) is 9.02. The van der Waals surface area contributed by atoms with E-state index in [2.05, 4.69) is 6.92 Å². The number of cyclic esters (lactones) is 1. The first kappa shape index (κ1) is 27.2. The second-order valence-corrected chi connectivity index (χ2v) is 13.6. The Hall–Kier alpha value is -2.94. The monoisotopic (exact) mass is 554 g/mol. The van der Waals surface area contributed by atoms with E-state index < -0.39 is 75.8 Å². The van der Waals surface area contributed by atoms with Crippen molar-refractivity contribution in [1.82, 2.24) is 0 Å². The number of epoxide rings is 1. The summed E-state index contributed by atoms with van der Waals surface area (Å²) in [7, 11) is 1.34.